The minimum Gasteiger partial charge on any atom is -0.506 e. The number of phenolic OH excluding ortho intramolecular Hbond substituents is 1. The minimum atomic E-state index is -3.85. The standard InChI is InChI=1S/C12H8Cl3NO3S/c13-7-3-8(14)5-10(4-7)20(18,19)16-9-1-2-12(17)11(15)6-9/h1-6,16-17H. The predicted octanol–water partition coefficient (Wildman–Crippen LogP) is 4.15. The zero-order valence-electron chi connectivity index (χ0n) is 9.77. The quantitative estimate of drug-likeness (QED) is 0.815. The predicted molar refractivity (Wildman–Crippen MR) is 80.4 cm³/mol. The lowest BCUT2D eigenvalue weighted by Gasteiger charge is -2.09. The van der Waals surface area contributed by atoms with E-state index >= 15 is 0 Å². The maximum Gasteiger partial charge on any atom is 0.261 e. The Labute approximate surface area is 131 Å². The van der Waals surface area contributed by atoms with Crippen LogP contribution in [0.2, 0.25) is 15.1 Å². The van der Waals surface area contributed by atoms with Crippen LogP contribution < -0.4 is 4.72 Å². The van der Waals surface area contributed by atoms with E-state index in [2.05, 4.69) is 4.72 Å². The number of sulfonamides is 1. The number of benzene rings is 2. The van der Waals surface area contributed by atoms with E-state index in [1.54, 1.807) is 0 Å². The highest BCUT2D eigenvalue weighted by molar-refractivity contribution is 7.92. The van der Waals surface area contributed by atoms with Crippen LogP contribution in [0.3, 0.4) is 0 Å². The van der Waals surface area contributed by atoms with E-state index in [9.17, 15) is 13.5 Å². The van der Waals surface area contributed by atoms with Crippen molar-refractivity contribution >= 4 is 50.5 Å². The van der Waals surface area contributed by atoms with Crippen LogP contribution in [0.25, 0.3) is 0 Å². The van der Waals surface area contributed by atoms with Crippen LogP contribution in [-0.2, 0) is 10.0 Å². The Bertz CT molecular complexity index is 742. The molecular formula is C12H8Cl3NO3S. The van der Waals surface area contributed by atoms with E-state index in [4.69, 9.17) is 34.8 Å². The first kappa shape index (κ1) is 15.3. The van der Waals surface area contributed by atoms with Gasteiger partial charge in [-0.2, -0.15) is 0 Å². The number of phenols is 1. The molecule has 0 aliphatic heterocycles. The maximum atomic E-state index is 12.2. The molecule has 0 saturated heterocycles. The molecule has 20 heavy (non-hydrogen) atoms. The first-order valence-electron chi connectivity index (χ1n) is 5.25. The van der Waals surface area contributed by atoms with Gasteiger partial charge in [-0.15, -0.1) is 0 Å². The van der Waals surface area contributed by atoms with E-state index in [1.165, 1.54) is 36.4 Å². The fourth-order valence-corrected chi connectivity index (χ4v) is 3.42. The highest BCUT2D eigenvalue weighted by Crippen LogP contribution is 2.28. The second kappa shape index (κ2) is 5.69. The van der Waals surface area contributed by atoms with Crippen LogP contribution in [0.15, 0.2) is 41.3 Å². The first-order valence-corrected chi connectivity index (χ1v) is 7.87. The van der Waals surface area contributed by atoms with Crippen LogP contribution in [0, 0.1) is 0 Å². The summed E-state index contributed by atoms with van der Waals surface area (Å²) in [4.78, 5) is -0.0702. The molecule has 2 aromatic rings. The van der Waals surface area contributed by atoms with Crippen molar-refractivity contribution in [1.82, 2.24) is 0 Å². The normalized spacial score (nSPS) is 11.3. The van der Waals surface area contributed by atoms with Gasteiger partial charge in [0.1, 0.15) is 5.75 Å². The molecule has 4 nitrogen and oxygen atoms in total. The molecule has 0 aliphatic rings. The molecular weight excluding hydrogens is 345 g/mol. The topological polar surface area (TPSA) is 66.4 Å². The van der Waals surface area contributed by atoms with Crippen molar-refractivity contribution in [3.05, 3.63) is 51.5 Å². The summed E-state index contributed by atoms with van der Waals surface area (Å²) in [7, 11) is -3.85. The van der Waals surface area contributed by atoms with Crippen molar-refractivity contribution < 1.29 is 13.5 Å². The van der Waals surface area contributed by atoms with Crippen molar-refractivity contribution in [2.75, 3.05) is 4.72 Å². The van der Waals surface area contributed by atoms with Gasteiger partial charge in [0.25, 0.3) is 10.0 Å². The molecule has 2 aromatic carbocycles. The average molecular weight is 353 g/mol. The Kier molecular flexibility index (Phi) is 4.34. The second-order valence-electron chi connectivity index (χ2n) is 3.88. The minimum absolute atomic E-state index is 0.0364. The summed E-state index contributed by atoms with van der Waals surface area (Å²) in [5, 5.41) is 9.74. The second-order valence-corrected chi connectivity index (χ2v) is 6.84. The largest absolute Gasteiger partial charge is 0.506 e. The highest BCUT2D eigenvalue weighted by atomic mass is 35.5. The van der Waals surface area contributed by atoms with E-state index in [1.807, 2.05) is 0 Å². The zero-order chi connectivity index (χ0) is 14.9. The van der Waals surface area contributed by atoms with Crippen LogP contribution in [-0.4, -0.2) is 13.5 Å². The molecule has 8 heteroatoms. The van der Waals surface area contributed by atoms with E-state index in [0.717, 1.165) is 0 Å². The molecule has 0 radical (unpaired) electrons. The summed E-state index contributed by atoms with van der Waals surface area (Å²) < 4.78 is 26.7. The summed E-state index contributed by atoms with van der Waals surface area (Å²) in [6, 6.07) is 7.94. The number of anilines is 1. The van der Waals surface area contributed by atoms with Crippen molar-refractivity contribution in [3.63, 3.8) is 0 Å². The van der Waals surface area contributed by atoms with Gasteiger partial charge in [0, 0.05) is 10.0 Å². The van der Waals surface area contributed by atoms with Crippen molar-refractivity contribution in [1.29, 1.82) is 0 Å². The molecule has 0 aromatic heterocycles. The Morgan fingerprint density at radius 3 is 2.10 bits per heavy atom. The van der Waals surface area contributed by atoms with Crippen LogP contribution >= 0.6 is 34.8 Å². The van der Waals surface area contributed by atoms with Gasteiger partial charge in [-0.1, -0.05) is 34.8 Å². The van der Waals surface area contributed by atoms with Gasteiger partial charge in [-0.3, -0.25) is 4.72 Å². The van der Waals surface area contributed by atoms with Crippen molar-refractivity contribution in [3.8, 4) is 5.75 Å². The Balaban J connectivity index is 2.37. The molecule has 0 amide bonds. The Hall–Kier alpha value is -1.14. The molecule has 0 saturated carbocycles. The lowest BCUT2D eigenvalue weighted by molar-refractivity contribution is 0.475. The van der Waals surface area contributed by atoms with E-state index in [0.29, 0.717) is 0 Å². The number of nitrogens with one attached hydrogen (secondary N) is 1. The number of hydrogen-bond donors (Lipinski definition) is 2. The number of halogens is 3. The number of rotatable bonds is 3. The third-order valence-electron chi connectivity index (χ3n) is 2.35. The molecule has 0 unspecified atom stereocenters. The summed E-state index contributed by atoms with van der Waals surface area (Å²) in [5.41, 5.74) is 0.212. The van der Waals surface area contributed by atoms with E-state index in [-0.39, 0.29) is 31.4 Å². The third kappa shape index (κ3) is 3.49. The molecule has 2 N–H and O–H groups in total. The summed E-state index contributed by atoms with van der Waals surface area (Å²) in [6.07, 6.45) is 0. The van der Waals surface area contributed by atoms with Gasteiger partial charge >= 0.3 is 0 Å². The van der Waals surface area contributed by atoms with Crippen LogP contribution in [0.5, 0.6) is 5.75 Å². The summed E-state index contributed by atoms with van der Waals surface area (Å²) in [6.45, 7) is 0. The highest BCUT2D eigenvalue weighted by Gasteiger charge is 2.16. The van der Waals surface area contributed by atoms with Gasteiger partial charge in [-0.25, -0.2) is 8.42 Å². The number of aromatic hydroxyl groups is 1. The van der Waals surface area contributed by atoms with Crippen LogP contribution in [0.1, 0.15) is 0 Å². The fourth-order valence-electron chi connectivity index (χ4n) is 1.47. The third-order valence-corrected chi connectivity index (χ3v) is 4.45. The Morgan fingerprint density at radius 1 is 0.950 bits per heavy atom. The Morgan fingerprint density at radius 2 is 1.55 bits per heavy atom. The lowest BCUT2D eigenvalue weighted by atomic mass is 10.3. The SMILES string of the molecule is O=S(=O)(Nc1ccc(O)c(Cl)c1)c1cc(Cl)cc(Cl)c1. The molecule has 0 spiro atoms. The van der Waals surface area contributed by atoms with Gasteiger partial charge in [-0.05, 0) is 36.4 Å². The lowest BCUT2D eigenvalue weighted by Crippen LogP contribution is -2.12. The van der Waals surface area contributed by atoms with Crippen molar-refractivity contribution in [2.45, 2.75) is 4.90 Å². The molecule has 0 aliphatic carbocycles. The molecule has 0 fully saturated rings. The van der Waals surface area contributed by atoms with Gasteiger partial charge in [0.2, 0.25) is 0 Å². The van der Waals surface area contributed by atoms with E-state index < -0.39 is 10.0 Å². The molecule has 2 rings (SSSR count). The van der Waals surface area contributed by atoms with Crippen molar-refractivity contribution in [2.24, 2.45) is 0 Å². The van der Waals surface area contributed by atoms with Gasteiger partial charge in [0.15, 0.2) is 0 Å². The monoisotopic (exact) mass is 351 g/mol. The smallest absolute Gasteiger partial charge is 0.261 e. The average Bonchev–Trinajstić information content (AvgIpc) is 2.32. The summed E-state index contributed by atoms with van der Waals surface area (Å²) >= 11 is 17.3. The fraction of sp³-hybridized carbons (Fsp3) is 0. The molecule has 0 bridgehead atoms. The van der Waals surface area contributed by atoms with Crippen LogP contribution in [0.4, 0.5) is 5.69 Å². The number of hydrogen-bond acceptors (Lipinski definition) is 3. The molecule has 0 atom stereocenters. The zero-order valence-corrected chi connectivity index (χ0v) is 12.9. The first-order chi connectivity index (χ1) is 9.28. The molecule has 0 heterocycles. The van der Waals surface area contributed by atoms with Gasteiger partial charge < -0.3 is 5.11 Å². The summed E-state index contributed by atoms with van der Waals surface area (Å²) in [5.74, 6) is -0.139. The molecule has 106 valence electrons. The maximum absolute atomic E-state index is 12.2. The van der Waals surface area contributed by atoms with Gasteiger partial charge in [0.05, 0.1) is 15.6 Å².